The van der Waals surface area contributed by atoms with Crippen LogP contribution in [0.5, 0.6) is 0 Å². The monoisotopic (exact) mass is 296 g/mol. The maximum absolute atomic E-state index is 12.7. The van der Waals surface area contributed by atoms with Crippen LogP contribution in [0, 0.1) is 17.2 Å². The molecule has 1 rings (SSSR count). The first-order valence-corrected chi connectivity index (χ1v) is 7.87. The number of anilines is 1. The van der Waals surface area contributed by atoms with Crippen LogP contribution in [0.4, 0.5) is 5.82 Å². The van der Waals surface area contributed by atoms with E-state index in [4.69, 9.17) is 5.26 Å². The number of nitrogens with one attached hydrogen (secondary N) is 1. The van der Waals surface area contributed by atoms with Crippen molar-refractivity contribution in [2.24, 2.45) is 5.92 Å². The highest BCUT2D eigenvalue weighted by Gasteiger charge is 2.27. The predicted octanol–water partition coefficient (Wildman–Crippen LogP) is 1.68. The van der Waals surface area contributed by atoms with Crippen LogP contribution in [-0.4, -0.2) is 37.8 Å². The number of rotatable bonds is 7. The smallest absolute Gasteiger partial charge is 0.246 e. The van der Waals surface area contributed by atoms with E-state index in [1.54, 1.807) is 13.1 Å². The molecule has 0 saturated carbocycles. The number of pyridine rings is 1. The molecule has 0 aliphatic heterocycles. The number of hydrogen-bond donors (Lipinski definition) is 1. The Balaban J connectivity index is 3.18. The first-order valence-electron chi connectivity index (χ1n) is 6.43. The van der Waals surface area contributed by atoms with E-state index < -0.39 is 10.0 Å². The Morgan fingerprint density at radius 2 is 2.20 bits per heavy atom. The van der Waals surface area contributed by atoms with Crippen molar-refractivity contribution in [2.75, 3.05) is 25.5 Å². The van der Waals surface area contributed by atoms with Gasteiger partial charge in [0.1, 0.15) is 10.7 Å². The quantitative estimate of drug-likeness (QED) is 0.827. The molecule has 0 aromatic carbocycles. The number of nitrogens with zero attached hydrogens (tertiary/aromatic N) is 3. The third-order valence-electron chi connectivity index (χ3n) is 2.67. The second-order valence-electron chi connectivity index (χ2n) is 4.77. The average Bonchev–Trinajstić information content (AvgIpc) is 2.42. The lowest BCUT2D eigenvalue weighted by atomic mass is 10.2. The zero-order chi connectivity index (χ0) is 15.2. The van der Waals surface area contributed by atoms with Gasteiger partial charge in [0.25, 0.3) is 0 Å². The highest BCUT2D eigenvalue weighted by molar-refractivity contribution is 7.89. The summed E-state index contributed by atoms with van der Waals surface area (Å²) in [4.78, 5) is 4.16. The van der Waals surface area contributed by atoms with Crippen LogP contribution in [0.25, 0.3) is 0 Å². The van der Waals surface area contributed by atoms with Gasteiger partial charge in [-0.3, -0.25) is 0 Å². The minimum absolute atomic E-state index is 0.140. The van der Waals surface area contributed by atoms with Gasteiger partial charge in [-0.25, -0.2) is 13.4 Å². The summed E-state index contributed by atoms with van der Waals surface area (Å²) in [5.74, 6) is 0.497. The molecule has 0 bridgehead atoms. The van der Waals surface area contributed by atoms with Crippen molar-refractivity contribution in [2.45, 2.75) is 25.2 Å². The van der Waals surface area contributed by atoms with Gasteiger partial charge in [-0.2, -0.15) is 9.57 Å². The summed E-state index contributed by atoms with van der Waals surface area (Å²) < 4.78 is 26.7. The predicted molar refractivity (Wildman–Crippen MR) is 77.6 cm³/mol. The number of hydrogen-bond acceptors (Lipinski definition) is 5. The van der Waals surface area contributed by atoms with Crippen molar-refractivity contribution in [3.63, 3.8) is 0 Å². The molecule has 110 valence electrons. The Labute approximate surface area is 120 Å². The molecule has 0 spiro atoms. The van der Waals surface area contributed by atoms with Crippen molar-refractivity contribution in [1.82, 2.24) is 9.29 Å². The van der Waals surface area contributed by atoms with Crippen molar-refractivity contribution in [1.29, 1.82) is 5.26 Å². The molecule has 1 heterocycles. The second kappa shape index (κ2) is 7.22. The molecule has 1 aromatic heterocycles. The minimum atomic E-state index is -3.65. The first-order chi connectivity index (χ1) is 9.43. The lowest BCUT2D eigenvalue weighted by molar-refractivity contribution is 0.373. The highest BCUT2D eigenvalue weighted by atomic mass is 32.2. The van der Waals surface area contributed by atoms with Crippen LogP contribution in [-0.2, 0) is 10.0 Å². The first kappa shape index (κ1) is 16.4. The molecule has 20 heavy (non-hydrogen) atoms. The van der Waals surface area contributed by atoms with Crippen LogP contribution in [0.15, 0.2) is 23.2 Å². The molecule has 7 heteroatoms. The summed E-state index contributed by atoms with van der Waals surface area (Å²) >= 11 is 0. The third kappa shape index (κ3) is 3.92. The van der Waals surface area contributed by atoms with Gasteiger partial charge in [0.2, 0.25) is 10.0 Å². The van der Waals surface area contributed by atoms with Crippen LogP contribution in [0.2, 0.25) is 0 Å². The number of nitriles is 1. The number of sulfonamides is 1. The van der Waals surface area contributed by atoms with Crippen molar-refractivity contribution in [3.05, 3.63) is 18.3 Å². The van der Waals surface area contributed by atoms with E-state index in [1.165, 1.54) is 16.6 Å². The molecule has 1 aromatic rings. The van der Waals surface area contributed by atoms with Gasteiger partial charge in [-0.1, -0.05) is 13.8 Å². The topological polar surface area (TPSA) is 86.1 Å². The zero-order valence-corrected chi connectivity index (χ0v) is 12.8. The summed E-state index contributed by atoms with van der Waals surface area (Å²) in [6, 6.07) is 5.10. The summed E-state index contributed by atoms with van der Waals surface area (Å²) in [5, 5.41) is 11.5. The average molecular weight is 296 g/mol. The Kier molecular flexibility index (Phi) is 5.92. The fourth-order valence-corrected chi connectivity index (χ4v) is 3.57. The molecule has 0 atom stereocenters. The lowest BCUT2D eigenvalue weighted by Crippen LogP contribution is -2.35. The Morgan fingerprint density at radius 3 is 2.75 bits per heavy atom. The Morgan fingerprint density at radius 1 is 1.50 bits per heavy atom. The SMILES string of the molecule is CNc1ncccc1S(=O)(=O)N(CCC#N)CC(C)C. The summed E-state index contributed by atoms with van der Waals surface area (Å²) in [5.41, 5.74) is 0. The van der Waals surface area contributed by atoms with Gasteiger partial charge in [0, 0.05) is 32.8 Å². The van der Waals surface area contributed by atoms with E-state index in [9.17, 15) is 8.42 Å². The Bertz CT molecular complexity index is 578. The molecular weight excluding hydrogens is 276 g/mol. The van der Waals surface area contributed by atoms with Gasteiger partial charge < -0.3 is 5.32 Å². The summed E-state index contributed by atoms with van der Waals surface area (Å²) in [7, 11) is -2.03. The van der Waals surface area contributed by atoms with Crippen molar-refractivity contribution >= 4 is 15.8 Å². The normalized spacial score (nSPS) is 11.6. The van der Waals surface area contributed by atoms with E-state index in [1.807, 2.05) is 19.9 Å². The molecule has 0 saturated heterocycles. The number of aromatic nitrogens is 1. The fraction of sp³-hybridized carbons (Fsp3) is 0.538. The molecule has 0 amide bonds. The molecule has 0 radical (unpaired) electrons. The minimum Gasteiger partial charge on any atom is -0.372 e. The molecule has 6 nitrogen and oxygen atoms in total. The molecule has 1 N–H and O–H groups in total. The fourth-order valence-electron chi connectivity index (χ4n) is 1.82. The van der Waals surface area contributed by atoms with Crippen LogP contribution in [0.3, 0.4) is 0 Å². The maximum Gasteiger partial charge on any atom is 0.246 e. The highest BCUT2D eigenvalue weighted by Crippen LogP contribution is 2.23. The summed E-state index contributed by atoms with van der Waals surface area (Å²) in [6.45, 7) is 4.45. The molecule has 0 unspecified atom stereocenters. The molecule has 0 aliphatic rings. The van der Waals surface area contributed by atoms with Gasteiger partial charge in [-0.05, 0) is 18.1 Å². The largest absolute Gasteiger partial charge is 0.372 e. The lowest BCUT2D eigenvalue weighted by Gasteiger charge is -2.23. The van der Waals surface area contributed by atoms with E-state index in [0.29, 0.717) is 12.4 Å². The summed E-state index contributed by atoms with van der Waals surface area (Å²) in [6.07, 6.45) is 1.70. The Hall–Kier alpha value is -1.65. The second-order valence-corrected chi connectivity index (χ2v) is 6.67. The van der Waals surface area contributed by atoms with Crippen LogP contribution >= 0.6 is 0 Å². The van der Waals surface area contributed by atoms with E-state index in [-0.39, 0.29) is 23.8 Å². The molecular formula is C13H20N4O2S. The van der Waals surface area contributed by atoms with Crippen molar-refractivity contribution in [3.8, 4) is 6.07 Å². The van der Waals surface area contributed by atoms with Crippen LogP contribution in [0.1, 0.15) is 20.3 Å². The van der Waals surface area contributed by atoms with Gasteiger partial charge >= 0.3 is 0 Å². The zero-order valence-electron chi connectivity index (χ0n) is 12.0. The third-order valence-corrected chi connectivity index (χ3v) is 4.56. The van der Waals surface area contributed by atoms with Crippen LogP contribution < -0.4 is 5.32 Å². The van der Waals surface area contributed by atoms with E-state index in [0.717, 1.165) is 0 Å². The van der Waals surface area contributed by atoms with E-state index in [2.05, 4.69) is 10.3 Å². The van der Waals surface area contributed by atoms with Crippen molar-refractivity contribution < 1.29 is 8.42 Å². The van der Waals surface area contributed by atoms with Gasteiger partial charge in [0.05, 0.1) is 6.07 Å². The van der Waals surface area contributed by atoms with Gasteiger partial charge in [-0.15, -0.1) is 0 Å². The van der Waals surface area contributed by atoms with E-state index >= 15 is 0 Å². The molecule has 0 fully saturated rings. The maximum atomic E-state index is 12.7. The standard InChI is InChI=1S/C13H20N4O2S/c1-11(2)10-17(9-5-7-14)20(18,19)12-6-4-8-16-13(12)15-3/h4,6,8,11H,5,9-10H2,1-3H3,(H,15,16). The molecule has 0 aliphatic carbocycles. The van der Waals surface area contributed by atoms with Gasteiger partial charge in [0.15, 0.2) is 0 Å².